The van der Waals surface area contributed by atoms with Gasteiger partial charge in [-0.05, 0) is 85.5 Å². The second kappa shape index (κ2) is 18.1. The highest BCUT2D eigenvalue weighted by atomic mass is 16.6. The van der Waals surface area contributed by atoms with Crippen LogP contribution in [-0.2, 0) is 55.4 Å². The molecule has 314 valence electrons. The van der Waals surface area contributed by atoms with Crippen molar-refractivity contribution in [2.45, 2.75) is 97.6 Å². The number of carboxylic acid groups (broad SMARTS) is 1. The van der Waals surface area contributed by atoms with Crippen LogP contribution in [0.25, 0.3) is 22.1 Å². The first-order valence-corrected chi connectivity index (χ1v) is 19.8. The van der Waals surface area contributed by atoms with E-state index in [-0.39, 0.29) is 19.6 Å². The van der Waals surface area contributed by atoms with E-state index in [0.717, 1.165) is 27.8 Å². The second-order valence-corrected chi connectivity index (χ2v) is 16.9. The van der Waals surface area contributed by atoms with Crippen molar-refractivity contribution in [3.8, 4) is 0 Å². The zero-order valence-corrected chi connectivity index (χ0v) is 34.8. The number of rotatable bonds is 15. The van der Waals surface area contributed by atoms with E-state index < -0.39 is 53.1 Å². The molecular weight excluding hydrogens is 765 g/mol. The number of aromatic nitrogens is 4. The van der Waals surface area contributed by atoms with Crippen molar-refractivity contribution >= 4 is 46.2 Å². The maximum absolute atomic E-state index is 13.2. The summed E-state index contributed by atoms with van der Waals surface area (Å²) in [6.45, 7) is 11.0. The number of H-pyrrole nitrogens is 2. The molecular formula is C46H52N6O8. The van der Waals surface area contributed by atoms with E-state index in [9.17, 15) is 24.3 Å². The number of aryl methyl sites for hydroxylation is 2. The number of aromatic amines is 2. The van der Waals surface area contributed by atoms with Gasteiger partial charge in [-0.2, -0.15) is 0 Å². The first kappa shape index (κ1) is 42.9. The van der Waals surface area contributed by atoms with Crippen molar-refractivity contribution in [1.29, 1.82) is 0 Å². The Labute approximate surface area is 348 Å². The van der Waals surface area contributed by atoms with Crippen LogP contribution in [0.1, 0.15) is 94.3 Å². The van der Waals surface area contributed by atoms with Gasteiger partial charge in [0, 0.05) is 0 Å². The Kier molecular flexibility index (Phi) is 12.9. The molecule has 2 heterocycles. The Morgan fingerprint density at radius 3 is 1.75 bits per heavy atom. The molecule has 0 saturated heterocycles. The van der Waals surface area contributed by atoms with Gasteiger partial charge in [-0.25, -0.2) is 19.6 Å². The SMILES string of the molecule is CC(C)(C)OC(=O)C[C@H](NC(=O)OCc1ccccc1)c1nc2ccc(CCc3ccc4nc([C@@](CC(=O)O)(NC(=O)OCc5ccccc5)C(C)(C)C)[nH]c4c3)cc2[nH]1. The number of carboxylic acids is 1. The maximum atomic E-state index is 13.2. The number of carbonyl (C=O) groups is 4. The van der Waals surface area contributed by atoms with Crippen LogP contribution in [0.5, 0.6) is 0 Å². The minimum absolute atomic E-state index is 0.0236. The van der Waals surface area contributed by atoms with Gasteiger partial charge in [0.15, 0.2) is 0 Å². The minimum Gasteiger partial charge on any atom is -0.481 e. The van der Waals surface area contributed by atoms with E-state index in [1.165, 1.54) is 0 Å². The van der Waals surface area contributed by atoms with Crippen molar-refractivity contribution in [3.63, 3.8) is 0 Å². The molecule has 0 aliphatic carbocycles. The molecule has 6 rings (SSSR count). The summed E-state index contributed by atoms with van der Waals surface area (Å²) >= 11 is 0. The molecule has 0 fully saturated rings. The standard InChI is InChI=1S/C46H52N6O8/c1-44(2,3)46(26-38(53)54,52-43(57)59-28-32-15-11-8-12-16-32)41-49-34-22-20-30(24-36(34)50-41)18-17-29-19-21-33-35(23-29)48-40(47-33)37(25-39(55)60-45(4,5)6)51-42(56)58-27-31-13-9-7-10-14-31/h7-16,19-24,37H,17-18,25-28H2,1-6H3,(H,47,48)(H,49,50)(H,51,56)(H,52,57)(H,53,54)/t37-,46+/m0/s1. The molecule has 0 spiro atoms. The fourth-order valence-electron chi connectivity index (χ4n) is 6.93. The first-order chi connectivity index (χ1) is 28.5. The Morgan fingerprint density at radius 2 is 1.22 bits per heavy atom. The first-order valence-electron chi connectivity index (χ1n) is 19.8. The van der Waals surface area contributed by atoms with Gasteiger partial charge in [0.25, 0.3) is 0 Å². The summed E-state index contributed by atoms with van der Waals surface area (Å²) in [6.07, 6.45) is -0.716. The van der Waals surface area contributed by atoms with Crippen LogP contribution in [0.3, 0.4) is 0 Å². The van der Waals surface area contributed by atoms with Gasteiger partial charge in [-0.15, -0.1) is 0 Å². The Balaban J connectivity index is 1.18. The number of esters is 1. The van der Waals surface area contributed by atoms with E-state index in [2.05, 4.69) is 20.6 Å². The molecule has 2 atom stereocenters. The number of hydrogen-bond donors (Lipinski definition) is 5. The zero-order valence-electron chi connectivity index (χ0n) is 34.8. The molecule has 0 bridgehead atoms. The fourth-order valence-corrected chi connectivity index (χ4v) is 6.93. The summed E-state index contributed by atoms with van der Waals surface area (Å²) in [7, 11) is 0. The van der Waals surface area contributed by atoms with Crippen LogP contribution in [0.4, 0.5) is 9.59 Å². The predicted octanol–water partition coefficient (Wildman–Crippen LogP) is 8.57. The van der Waals surface area contributed by atoms with E-state index in [4.69, 9.17) is 24.2 Å². The van der Waals surface area contributed by atoms with E-state index >= 15 is 0 Å². The highest BCUT2D eigenvalue weighted by Gasteiger charge is 2.49. The third-order valence-corrected chi connectivity index (χ3v) is 10.1. The molecule has 14 nitrogen and oxygen atoms in total. The number of hydrogen-bond acceptors (Lipinski definition) is 9. The van der Waals surface area contributed by atoms with Gasteiger partial charge in [-0.3, -0.25) is 9.59 Å². The second-order valence-electron chi connectivity index (χ2n) is 16.9. The number of alkyl carbamates (subject to hydrolysis) is 2. The summed E-state index contributed by atoms with van der Waals surface area (Å²) in [5, 5.41) is 15.7. The number of ether oxygens (including phenoxy) is 3. The van der Waals surface area contributed by atoms with Crippen LogP contribution in [0, 0.1) is 5.41 Å². The smallest absolute Gasteiger partial charge is 0.408 e. The molecule has 0 aliphatic heterocycles. The van der Waals surface area contributed by atoms with Gasteiger partial charge >= 0.3 is 24.1 Å². The van der Waals surface area contributed by atoms with Crippen molar-refractivity contribution in [2.24, 2.45) is 5.41 Å². The normalized spacial score (nSPS) is 13.3. The maximum Gasteiger partial charge on any atom is 0.408 e. The number of carbonyl (C=O) groups excluding carboxylic acids is 3. The zero-order chi connectivity index (χ0) is 43.1. The molecule has 0 aliphatic rings. The summed E-state index contributed by atoms with van der Waals surface area (Å²) < 4.78 is 16.5. The number of nitrogens with one attached hydrogen (secondary N) is 4. The molecule has 0 saturated carbocycles. The average Bonchev–Trinajstić information content (AvgIpc) is 3.82. The third kappa shape index (κ3) is 11.1. The molecule has 6 aromatic rings. The van der Waals surface area contributed by atoms with E-state index in [1.54, 1.807) is 20.8 Å². The molecule has 60 heavy (non-hydrogen) atoms. The number of imidazole rings is 2. The van der Waals surface area contributed by atoms with Crippen LogP contribution < -0.4 is 10.6 Å². The van der Waals surface area contributed by atoms with Gasteiger partial charge in [-0.1, -0.05) is 93.6 Å². The van der Waals surface area contributed by atoms with Crippen LogP contribution in [0.15, 0.2) is 97.1 Å². The van der Waals surface area contributed by atoms with Crippen molar-refractivity contribution in [2.75, 3.05) is 0 Å². The number of fused-ring (bicyclic) bond motifs is 2. The molecule has 2 amide bonds. The summed E-state index contributed by atoms with van der Waals surface area (Å²) in [6, 6.07) is 29.4. The lowest BCUT2D eigenvalue weighted by molar-refractivity contribution is -0.155. The summed E-state index contributed by atoms with van der Waals surface area (Å²) in [4.78, 5) is 67.5. The topological polar surface area (TPSA) is 198 Å². The summed E-state index contributed by atoms with van der Waals surface area (Å²) in [5.41, 5.74) is 3.42. The Morgan fingerprint density at radius 1 is 0.683 bits per heavy atom. The van der Waals surface area contributed by atoms with Crippen LogP contribution in [0.2, 0.25) is 0 Å². The summed E-state index contributed by atoms with van der Waals surface area (Å²) in [5.74, 6) is -0.905. The quantitative estimate of drug-likeness (QED) is 0.0494. The minimum atomic E-state index is -1.44. The van der Waals surface area contributed by atoms with Gasteiger partial charge in [0.2, 0.25) is 0 Å². The highest BCUT2D eigenvalue weighted by molar-refractivity contribution is 5.79. The molecule has 5 N–H and O–H groups in total. The van der Waals surface area contributed by atoms with Crippen molar-refractivity contribution in [3.05, 3.63) is 131 Å². The lowest BCUT2D eigenvalue weighted by Crippen LogP contribution is -2.56. The van der Waals surface area contributed by atoms with Crippen molar-refractivity contribution in [1.82, 2.24) is 30.6 Å². The molecule has 0 radical (unpaired) electrons. The number of amides is 2. The molecule has 2 aromatic heterocycles. The van der Waals surface area contributed by atoms with Crippen LogP contribution in [-0.4, -0.2) is 54.8 Å². The van der Waals surface area contributed by atoms with Gasteiger partial charge in [0.1, 0.15) is 42.0 Å². The highest BCUT2D eigenvalue weighted by Crippen LogP contribution is 2.42. The fraction of sp³-hybridized carbons (Fsp3) is 0.348. The Bertz CT molecular complexity index is 2450. The number of nitrogens with zero attached hydrogens (tertiary/aromatic N) is 2. The van der Waals surface area contributed by atoms with Gasteiger partial charge in [0.05, 0.1) is 34.9 Å². The van der Waals surface area contributed by atoms with Gasteiger partial charge < -0.3 is 39.9 Å². The Hall–Kier alpha value is -6.70. The third-order valence-electron chi connectivity index (χ3n) is 10.1. The monoisotopic (exact) mass is 816 g/mol. The average molecular weight is 817 g/mol. The largest absolute Gasteiger partial charge is 0.481 e. The van der Waals surface area contributed by atoms with E-state index in [0.29, 0.717) is 41.0 Å². The molecule has 4 aromatic carbocycles. The number of benzene rings is 4. The lowest BCUT2D eigenvalue weighted by atomic mass is 9.70. The number of aliphatic carboxylic acids is 1. The molecule has 14 heteroatoms. The predicted molar refractivity (Wildman–Crippen MR) is 226 cm³/mol. The lowest BCUT2D eigenvalue weighted by Gasteiger charge is -2.42. The van der Waals surface area contributed by atoms with Crippen molar-refractivity contribution < 1.29 is 38.5 Å². The molecule has 0 unspecified atom stereocenters. The van der Waals surface area contributed by atoms with Crippen LogP contribution >= 0.6 is 0 Å². The van der Waals surface area contributed by atoms with E-state index in [1.807, 2.05) is 118 Å².